The summed E-state index contributed by atoms with van der Waals surface area (Å²) < 4.78 is 0. The molecule has 1 fully saturated rings. The molecule has 4 nitrogen and oxygen atoms in total. The second-order valence-corrected chi connectivity index (χ2v) is 6.19. The lowest BCUT2D eigenvalue weighted by molar-refractivity contribution is -0.130. The first-order valence-electron chi connectivity index (χ1n) is 8.55. The number of hydrogen-bond acceptors (Lipinski definition) is 2. The quantitative estimate of drug-likeness (QED) is 0.888. The smallest absolute Gasteiger partial charge is 0.222 e. The van der Waals surface area contributed by atoms with Crippen molar-refractivity contribution in [3.05, 3.63) is 35.5 Å². The maximum absolute atomic E-state index is 12.3. The van der Waals surface area contributed by atoms with Crippen LogP contribution >= 0.6 is 0 Å². The summed E-state index contributed by atoms with van der Waals surface area (Å²) >= 11 is 0. The van der Waals surface area contributed by atoms with E-state index in [0.717, 1.165) is 41.7 Å². The van der Waals surface area contributed by atoms with E-state index < -0.39 is 0 Å². The standard InChI is InChI=1S/C19H24N2O2/c1-3-21(4-2)18(23)12-10-14-13-7-5-6-8-16(13)20-19(14)15-9-11-17(15)22/h5-8,15,20H,3-4,9-12H2,1-2H3. The molecule has 1 saturated carbocycles. The van der Waals surface area contributed by atoms with Crippen molar-refractivity contribution in [2.45, 2.75) is 45.4 Å². The number of rotatable bonds is 6. The van der Waals surface area contributed by atoms with E-state index in [2.05, 4.69) is 11.1 Å². The fourth-order valence-electron chi connectivity index (χ4n) is 3.47. The zero-order chi connectivity index (χ0) is 16.4. The van der Waals surface area contributed by atoms with E-state index in [1.807, 2.05) is 36.9 Å². The van der Waals surface area contributed by atoms with Crippen LogP contribution in [0.4, 0.5) is 0 Å². The second kappa shape index (κ2) is 6.57. The Morgan fingerprint density at radius 2 is 2.00 bits per heavy atom. The van der Waals surface area contributed by atoms with Crippen LogP contribution in [0.1, 0.15) is 50.3 Å². The van der Waals surface area contributed by atoms with Crippen molar-refractivity contribution in [2.75, 3.05) is 13.1 Å². The Labute approximate surface area is 136 Å². The number of aryl methyl sites for hydroxylation is 1. The molecule has 1 atom stereocenters. The number of amides is 1. The summed E-state index contributed by atoms with van der Waals surface area (Å²) in [7, 11) is 0. The fourth-order valence-corrected chi connectivity index (χ4v) is 3.47. The van der Waals surface area contributed by atoms with Crippen molar-refractivity contribution in [3.63, 3.8) is 0 Å². The van der Waals surface area contributed by atoms with Crippen molar-refractivity contribution in [1.82, 2.24) is 9.88 Å². The molecule has 1 unspecified atom stereocenters. The number of nitrogens with one attached hydrogen (secondary N) is 1. The van der Waals surface area contributed by atoms with Gasteiger partial charge in [-0.05, 0) is 38.3 Å². The summed E-state index contributed by atoms with van der Waals surface area (Å²) in [5.41, 5.74) is 3.25. The van der Waals surface area contributed by atoms with Crippen molar-refractivity contribution >= 4 is 22.6 Å². The number of benzene rings is 1. The number of H-pyrrole nitrogens is 1. The Balaban J connectivity index is 1.87. The maximum atomic E-state index is 12.3. The van der Waals surface area contributed by atoms with E-state index in [9.17, 15) is 9.59 Å². The van der Waals surface area contributed by atoms with E-state index in [0.29, 0.717) is 25.0 Å². The molecule has 1 aromatic heterocycles. The molecule has 1 heterocycles. The first kappa shape index (κ1) is 15.8. The lowest BCUT2D eigenvalue weighted by atomic mass is 9.79. The zero-order valence-corrected chi connectivity index (χ0v) is 13.9. The van der Waals surface area contributed by atoms with Gasteiger partial charge in [0.25, 0.3) is 0 Å². The molecule has 4 heteroatoms. The number of nitrogens with zero attached hydrogens (tertiary/aromatic N) is 1. The van der Waals surface area contributed by atoms with Gasteiger partial charge in [-0.25, -0.2) is 0 Å². The summed E-state index contributed by atoms with van der Waals surface area (Å²) in [4.78, 5) is 29.5. The summed E-state index contributed by atoms with van der Waals surface area (Å²) in [6.45, 7) is 5.51. The molecule has 1 aliphatic rings. The number of para-hydroxylation sites is 1. The highest BCUT2D eigenvalue weighted by atomic mass is 16.2. The van der Waals surface area contributed by atoms with Gasteiger partial charge in [-0.2, -0.15) is 0 Å². The molecular weight excluding hydrogens is 288 g/mol. The zero-order valence-electron chi connectivity index (χ0n) is 13.9. The fraction of sp³-hybridized carbons (Fsp3) is 0.474. The maximum Gasteiger partial charge on any atom is 0.222 e. The Hall–Kier alpha value is -2.10. The van der Waals surface area contributed by atoms with E-state index >= 15 is 0 Å². The third-order valence-corrected chi connectivity index (χ3v) is 4.97. The van der Waals surface area contributed by atoms with Gasteiger partial charge in [0.1, 0.15) is 5.78 Å². The van der Waals surface area contributed by atoms with Crippen LogP contribution in [-0.4, -0.2) is 34.7 Å². The van der Waals surface area contributed by atoms with Crippen LogP contribution < -0.4 is 0 Å². The minimum Gasteiger partial charge on any atom is -0.358 e. The second-order valence-electron chi connectivity index (χ2n) is 6.19. The molecule has 0 bridgehead atoms. The van der Waals surface area contributed by atoms with Gasteiger partial charge in [-0.1, -0.05) is 18.2 Å². The summed E-state index contributed by atoms with van der Waals surface area (Å²) in [5, 5.41) is 1.15. The molecule has 2 aromatic rings. The molecule has 3 rings (SSSR count). The number of carbonyl (C=O) groups excluding carboxylic acids is 2. The molecular formula is C19H24N2O2. The number of Topliss-reactive ketones (excluding diaryl/α,β-unsaturated/α-hetero) is 1. The number of carbonyl (C=O) groups is 2. The molecule has 1 aromatic carbocycles. The summed E-state index contributed by atoms with van der Waals surface area (Å²) in [6, 6.07) is 8.13. The minimum absolute atomic E-state index is 0.000885. The average molecular weight is 312 g/mol. The number of aromatic amines is 1. The van der Waals surface area contributed by atoms with Crippen molar-refractivity contribution < 1.29 is 9.59 Å². The van der Waals surface area contributed by atoms with Gasteiger partial charge in [0, 0.05) is 42.5 Å². The first-order chi connectivity index (χ1) is 11.2. The Morgan fingerprint density at radius 3 is 2.61 bits per heavy atom. The monoisotopic (exact) mass is 312 g/mol. The van der Waals surface area contributed by atoms with Gasteiger partial charge in [0.2, 0.25) is 5.91 Å². The predicted octanol–water partition coefficient (Wildman–Crippen LogP) is 3.42. The summed E-state index contributed by atoms with van der Waals surface area (Å²) in [5.74, 6) is 0.500. The Morgan fingerprint density at radius 1 is 1.26 bits per heavy atom. The van der Waals surface area contributed by atoms with Gasteiger partial charge in [0.05, 0.1) is 5.92 Å². The average Bonchev–Trinajstić information content (AvgIpc) is 2.90. The third-order valence-electron chi connectivity index (χ3n) is 4.97. The van der Waals surface area contributed by atoms with E-state index in [1.165, 1.54) is 0 Å². The molecule has 1 N–H and O–H groups in total. The normalized spacial score (nSPS) is 17.3. The van der Waals surface area contributed by atoms with Crippen molar-refractivity contribution in [1.29, 1.82) is 0 Å². The lowest BCUT2D eigenvalue weighted by Gasteiger charge is -2.24. The highest BCUT2D eigenvalue weighted by molar-refractivity contribution is 5.94. The number of ketones is 1. The summed E-state index contributed by atoms with van der Waals surface area (Å²) in [6.07, 6.45) is 2.79. The lowest BCUT2D eigenvalue weighted by Crippen LogP contribution is -2.30. The highest BCUT2D eigenvalue weighted by Crippen LogP contribution is 2.37. The third kappa shape index (κ3) is 2.90. The molecule has 0 saturated heterocycles. The van der Waals surface area contributed by atoms with Crippen LogP contribution in [0.3, 0.4) is 0 Å². The largest absolute Gasteiger partial charge is 0.358 e. The number of fused-ring (bicyclic) bond motifs is 1. The van der Waals surface area contributed by atoms with Crippen LogP contribution in [0.15, 0.2) is 24.3 Å². The molecule has 23 heavy (non-hydrogen) atoms. The molecule has 1 amide bonds. The minimum atomic E-state index is 0.000885. The molecule has 0 aliphatic heterocycles. The van der Waals surface area contributed by atoms with Crippen LogP contribution in [0.25, 0.3) is 10.9 Å². The van der Waals surface area contributed by atoms with E-state index in [-0.39, 0.29) is 11.8 Å². The van der Waals surface area contributed by atoms with Crippen LogP contribution in [0.2, 0.25) is 0 Å². The first-order valence-corrected chi connectivity index (χ1v) is 8.55. The highest BCUT2D eigenvalue weighted by Gasteiger charge is 2.33. The topological polar surface area (TPSA) is 53.2 Å². The van der Waals surface area contributed by atoms with Gasteiger partial charge in [-0.15, -0.1) is 0 Å². The van der Waals surface area contributed by atoms with E-state index in [4.69, 9.17) is 0 Å². The van der Waals surface area contributed by atoms with E-state index in [1.54, 1.807) is 0 Å². The van der Waals surface area contributed by atoms with Crippen molar-refractivity contribution in [3.8, 4) is 0 Å². The molecule has 122 valence electrons. The number of aromatic nitrogens is 1. The molecule has 1 aliphatic carbocycles. The molecule has 0 spiro atoms. The van der Waals surface area contributed by atoms with Gasteiger partial charge >= 0.3 is 0 Å². The molecule has 0 radical (unpaired) electrons. The van der Waals surface area contributed by atoms with Gasteiger partial charge in [-0.3, -0.25) is 9.59 Å². The van der Waals surface area contributed by atoms with Crippen LogP contribution in [-0.2, 0) is 16.0 Å². The SMILES string of the molecule is CCN(CC)C(=O)CCc1c(C2CCC2=O)[nH]c2ccccc12. The Bertz CT molecular complexity index is 728. The van der Waals surface area contributed by atoms with Crippen LogP contribution in [0.5, 0.6) is 0 Å². The Kier molecular flexibility index (Phi) is 4.51. The van der Waals surface area contributed by atoms with Crippen molar-refractivity contribution in [2.24, 2.45) is 0 Å². The predicted molar refractivity (Wildman–Crippen MR) is 91.5 cm³/mol. The van der Waals surface area contributed by atoms with Gasteiger partial charge in [0.15, 0.2) is 0 Å². The number of hydrogen-bond donors (Lipinski definition) is 1. The van der Waals surface area contributed by atoms with Gasteiger partial charge < -0.3 is 9.88 Å². The van der Waals surface area contributed by atoms with Crippen LogP contribution in [0, 0.1) is 0 Å².